The summed E-state index contributed by atoms with van der Waals surface area (Å²) in [6.07, 6.45) is 1.11. The number of amides is 1. The molecule has 142 valence electrons. The third-order valence-corrected chi connectivity index (χ3v) is 6.10. The van der Waals surface area contributed by atoms with Crippen molar-refractivity contribution in [2.24, 2.45) is 0 Å². The first kappa shape index (κ1) is 18.9. The van der Waals surface area contributed by atoms with Crippen molar-refractivity contribution in [1.29, 1.82) is 0 Å². The number of anilines is 1. The highest BCUT2D eigenvalue weighted by Crippen LogP contribution is 2.28. The van der Waals surface area contributed by atoms with Crippen LogP contribution in [-0.2, 0) is 14.8 Å². The van der Waals surface area contributed by atoms with Crippen molar-refractivity contribution in [2.75, 3.05) is 4.72 Å². The van der Waals surface area contributed by atoms with E-state index in [0.29, 0.717) is 29.7 Å². The van der Waals surface area contributed by atoms with Crippen LogP contribution in [0.5, 0.6) is 0 Å². The molecule has 0 spiro atoms. The lowest BCUT2D eigenvalue weighted by molar-refractivity contribution is -0.119. The molecule has 2 aromatic carbocycles. The van der Waals surface area contributed by atoms with Crippen LogP contribution in [0.25, 0.3) is 0 Å². The molecule has 3 N–H and O–H groups in total. The maximum atomic E-state index is 12.8. The Morgan fingerprint density at radius 2 is 1.93 bits per heavy atom. The van der Waals surface area contributed by atoms with Crippen molar-refractivity contribution in [1.82, 2.24) is 5.32 Å². The van der Waals surface area contributed by atoms with Crippen molar-refractivity contribution < 1.29 is 23.1 Å². The van der Waals surface area contributed by atoms with Crippen LogP contribution in [0.4, 0.5) is 5.69 Å². The minimum absolute atomic E-state index is 0.0255. The Hall–Kier alpha value is -2.87. The first-order chi connectivity index (χ1) is 12.7. The first-order valence-corrected chi connectivity index (χ1v) is 9.92. The Morgan fingerprint density at radius 3 is 2.56 bits per heavy atom. The van der Waals surface area contributed by atoms with Gasteiger partial charge >= 0.3 is 5.97 Å². The number of sulfonamides is 1. The zero-order valence-corrected chi connectivity index (χ0v) is 15.8. The standard InChI is InChI=1S/C19H20N2O5S/c1-11-8-12(2)17(10-15(11)19(23)24)27(25,26)21-14-5-3-4-13(9-14)16-6-7-18(22)20-16/h3-5,8-10,16,21H,6-7H2,1-2H3,(H,20,22)(H,23,24). The van der Waals surface area contributed by atoms with Gasteiger partial charge in [-0.05, 0) is 55.2 Å². The van der Waals surface area contributed by atoms with Crippen LogP contribution >= 0.6 is 0 Å². The van der Waals surface area contributed by atoms with Crippen LogP contribution in [-0.4, -0.2) is 25.4 Å². The average Bonchev–Trinajstić information content (AvgIpc) is 3.00. The molecule has 1 amide bonds. The molecule has 1 saturated heterocycles. The number of hydrogen-bond donors (Lipinski definition) is 3. The molecule has 0 bridgehead atoms. The maximum absolute atomic E-state index is 12.8. The summed E-state index contributed by atoms with van der Waals surface area (Å²) in [6, 6.07) is 9.41. The van der Waals surface area contributed by atoms with Crippen LogP contribution in [0, 0.1) is 13.8 Å². The highest BCUT2D eigenvalue weighted by Gasteiger charge is 2.24. The van der Waals surface area contributed by atoms with E-state index in [1.165, 1.54) is 6.07 Å². The van der Waals surface area contributed by atoms with Gasteiger partial charge in [0.05, 0.1) is 16.5 Å². The van der Waals surface area contributed by atoms with Gasteiger partial charge in [0.15, 0.2) is 0 Å². The van der Waals surface area contributed by atoms with Crippen molar-refractivity contribution in [3.63, 3.8) is 0 Å². The lowest BCUT2D eigenvalue weighted by atomic mass is 10.1. The van der Waals surface area contributed by atoms with Crippen LogP contribution in [0.1, 0.15) is 45.9 Å². The molecule has 1 aliphatic rings. The van der Waals surface area contributed by atoms with E-state index in [4.69, 9.17) is 0 Å². The van der Waals surface area contributed by atoms with Gasteiger partial charge in [0.2, 0.25) is 5.91 Å². The predicted octanol–water partition coefficient (Wildman–Crippen LogP) is 2.75. The third-order valence-electron chi connectivity index (χ3n) is 4.58. The van der Waals surface area contributed by atoms with Crippen molar-refractivity contribution >= 4 is 27.6 Å². The fraction of sp³-hybridized carbons (Fsp3) is 0.263. The average molecular weight is 388 g/mol. The van der Waals surface area contributed by atoms with Crippen molar-refractivity contribution in [3.05, 3.63) is 58.7 Å². The molecule has 0 aromatic heterocycles. The van der Waals surface area contributed by atoms with Crippen LogP contribution in [0.2, 0.25) is 0 Å². The monoisotopic (exact) mass is 388 g/mol. The van der Waals surface area contributed by atoms with Crippen molar-refractivity contribution in [3.8, 4) is 0 Å². The van der Waals surface area contributed by atoms with Gasteiger partial charge in [0.25, 0.3) is 10.0 Å². The Balaban J connectivity index is 1.92. The Morgan fingerprint density at radius 1 is 1.19 bits per heavy atom. The quantitative estimate of drug-likeness (QED) is 0.729. The van der Waals surface area contributed by atoms with Gasteiger partial charge in [-0.25, -0.2) is 13.2 Å². The molecule has 1 unspecified atom stereocenters. The largest absolute Gasteiger partial charge is 0.478 e. The summed E-state index contributed by atoms with van der Waals surface area (Å²) in [5, 5.41) is 12.1. The lowest BCUT2D eigenvalue weighted by Gasteiger charge is -2.15. The van der Waals surface area contributed by atoms with Gasteiger partial charge in [-0.1, -0.05) is 18.2 Å². The van der Waals surface area contributed by atoms with E-state index in [-0.39, 0.29) is 22.4 Å². The summed E-state index contributed by atoms with van der Waals surface area (Å²) >= 11 is 0. The highest BCUT2D eigenvalue weighted by atomic mass is 32.2. The normalized spacial score (nSPS) is 16.8. The van der Waals surface area contributed by atoms with E-state index >= 15 is 0 Å². The van der Waals surface area contributed by atoms with E-state index in [1.54, 1.807) is 38.1 Å². The van der Waals surface area contributed by atoms with Crippen molar-refractivity contribution in [2.45, 2.75) is 37.6 Å². The molecule has 2 aromatic rings. The zero-order valence-electron chi connectivity index (χ0n) is 14.9. The highest BCUT2D eigenvalue weighted by molar-refractivity contribution is 7.92. The minimum atomic E-state index is -3.97. The number of carbonyl (C=O) groups excluding carboxylic acids is 1. The smallest absolute Gasteiger partial charge is 0.335 e. The Bertz CT molecular complexity index is 1030. The fourth-order valence-corrected chi connectivity index (χ4v) is 4.55. The molecule has 1 fully saturated rings. The summed E-state index contributed by atoms with van der Waals surface area (Å²) in [5.41, 5.74) is 2.07. The van der Waals surface area contributed by atoms with Gasteiger partial charge in [0, 0.05) is 12.1 Å². The molecular weight excluding hydrogens is 368 g/mol. The molecular formula is C19H20N2O5S. The van der Waals surface area contributed by atoms with Gasteiger partial charge < -0.3 is 10.4 Å². The number of carboxylic acid groups (broad SMARTS) is 1. The van der Waals surface area contributed by atoms with Gasteiger partial charge in [-0.2, -0.15) is 0 Å². The molecule has 0 aliphatic carbocycles. The van der Waals surface area contributed by atoms with Crippen LogP contribution in [0.3, 0.4) is 0 Å². The number of carboxylic acids is 1. The number of carbonyl (C=O) groups is 2. The fourth-order valence-electron chi connectivity index (χ4n) is 3.25. The molecule has 7 nitrogen and oxygen atoms in total. The second-order valence-electron chi connectivity index (χ2n) is 6.63. The summed E-state index contributed by atoms with van der Waals surface area (Å²) in [5.74, 6) is -1.20. The topological polar surface area (TPSA) is 113 Å². The maximum Gasteiger partial charge on any atom is 0.335 e. The Labute approximate surface area is 157 Å². The second-order valence-corrected chi connectivity index (χ2v) is 8.28. The molecule has 27 heavy (non-hydrogen) atoms. The molecule has 1 atom stereocenters. The number of rotatable bonds is 5. The van der Waals surface area contributed by atoms with Crippen LogP contribution < -0.4 is 10.0 Å². The van der Waals surface area contributed by atoms with E-state index < -0.39 is 16.0 Å². The minimum Gasteiger partial charge on any atom is -0.478 e. The summed E-state index contributed by atoms with van der Waals surface area (Å²) < 4.78 is 28.1. The second kappa shape index (κ2) is 7.03. The Kier molecular flexibility index (Phi) is 4.93. The molecule has 1 aliphatic heterocycles. The SMILES string of the molecule is Cc1cc(C)c(S(=O)(=O)Nc2cccc(C3CCC(=O)N3)c2)cc1C(=O)O. The molecule has 1 heterocycles. The summed E-state index contributed by atoms with van der Waals surface area (Å²) in [7, 11) is -3.97. The third kappa shape index (κ3) is 3.95. The molecule has 0 radical (unpaired) electrons. The van der Waals surface area contributed by atoms with Gasteiger partial charge in [-0.15, -0.1) is 0 Å². The van der Waals surface area contributed by atoms with E-state index in [2.05, 4.69) is 10.0 Å². The van der Waals surface area contributed by atoms with E-state index in [1.807, 2.05) is 6.07 Å². The number of benzene rings is 2. The lowest BCUT2D eigenvalue weighted by Crippen LogP contribution is -2.19. The number of nitrogens with one attached hydrogen (secondary N) is 2. The van der Waals surface area contributed by atoms with E-state index in [0.717, 1.165) is 5.56 Å². The summed E-state index contributed by atoms with van der Waals surface area (Å²) in [6.45, 7) is 3.25. The molecule has 3 rings (SSSR count). The van der Waals surface area contributed by atoms with Crippen LogP contribution in [0.15, 0.2) is 41.3 Å². The van der Waals surface area contributed by atoms with Gasteiger partial charge in [0.1, 0.15) is 0 Å². The number of hydrogen-bond acceptors (Lipinski definition) is 4. The first-order valence-electron chi connectivity index (χ1n) is 8.44. The predicted molar refractivity (Wildman–Crippen MR) is 100 cm³/mol. The molecule has 0 saturated carbocycles. The van der Waals surface area contributed by atoms with E-state index in [9.17, 15) is 23.1 Å². The van der Waals surface area contributed by atoms with Gasteiger partial charge in [-0.3, -0.25) is 9.52 Å². The zero-order chi connectivity index (χ0) is 19.8. The number of aromatic carboxylic acids is 1. The summed E-state index contributed by atoms with van der Waals surface area (Å²) in [4.78, 5) is 22.7. The number of aryl methyl sites for hydroxylation is 2. The molecule has 8 heteroatoms.